The van der Waals surface area contributed by atoms with Crippen LogP contribution in [0.5, 0.6) is 11.5 Å². The lowest BCUT2D eigenvalue weighted by atomic mass is 10.1. The quantitative estimate of drug-likeness (QED) is 0.364. The maximum atomic E-state index is 12.4. The van der Waals surface area contributed by atoms with Crippen molar-refractivity contribution in [3.05, 3.63) is 53.9 Å². The molecule has 1 fully saturated rings. The van der Waals surface area contributed by atoms with Crippen molar-refractivity contribution in [2.75, 3.05) is 23.7 Å². The lowest BCUT2D eigenvalue weighted by molar-refractivity contribution is 0.102. The van der Waals surface area contributed by atoms with E-state index in [0.717, 1.165) is 37.1 Å². The van der Waals surface area contributed by atoms with E-state index in [1.165, 1.54) is 0 Å². The number of aromatic nitrogens is 4. The minimum absolute atomic E-state index is 0.279. The highest BCUT2D eigenvalue weighted by atomic mass is 16.5. The summed E-state index contributed by atoms with van der Waals surface area (Å²) in [6.45, 7) is 3.70. The van der Waals surface area contributed by atoms with Gasteiger partial charge in [0.25, 0.3) is 5.91 Å². The Morgan fingerprint density at radius 3 is 2.88 bits per heavy atom. The average Bonchev–Trinajstić information content (AvgIpc) is 3.41. The van der Waals surface area contributed by atoms with Gasteiger partial charge in [0.2, 0.25) is 0 Å². The molecule has 164 valence electrons. The van der Waals surface area contributed by atoms with E-state index in [-0.39, 0.29) is 5.91 Å². The molecular formula is C22H23N7O3. The normalized spacial score (nSPS) is 16.1. The number of carbonyl (C=O) groups is 1. The number of hydrogen-bond donors (Lipinski definition) is 4. The Bertz CT molecular complexity index is 1230. The number of benzene rings is 1. The SMILES string of the molecule is Cc1cc(NC(=O)c2ccc(Oc3ccnc4[nH]nc(N[C@@H]5CCCNC5)c34)cc2)no1. The number of amides is 1. The van der Waals surface area contributed by atoms with Crippen LogP contribution >= 0.6 is 0 Å². The summed E-state index contributed by atoms with van der Waals surface area (Å²) in [5.41, 5.74) is 1.13. The van der Waals surface area contributed by atoms with Crippen molar-refractivity contribution in [3.8, 4) is 11.5 Å². The topological polar surface area (TPSA) is 130 Å². The summed E-state index contributed by atoms with van der Waals surface area (Å²) in [7, 11) is 0. The Morgan fingerprint density at radius 1 is 1.25 bits per heavy atom. The van der Waals surface area contributed by atoms with E-state index < -0.39 is 0 Å². The first-order chi connectivity index (χ1) is 15.7. The number of ether oxygens (including phenoxy) is 1. The number of anilines is 2. The van der Waals surface area contributed by atoms with Crippen LogP contribution in [0.2, 0.25) is 0 Å². The summed E-state index contributed by atoms with van der Waals surface area (Å²) in [6, 6.07) is 10.6. The zero-order valence-electron chi connectivity index (χ0n) is 17.5. The van der Waals surface area contributed by atoms with Crippen LogP contribution in [-0.2, 0) is 0 Å². The lowest BCUT2D eigenvalue weighted by Crippen LogP contribution is -2.38. The number of hydrogen-bond acceptors (Lipinski definition) is 8. The molecule has 1 aromatic carbocycles. The molecule has 1 aliphatic heterocycles. The van der Waals surface area contributed by atoms with Crippen molar-refractivity contribution in [2.24, 2.45) is 0 Å². The van der Waals surface area contributed by atoms with E-state index in [2.05, 4.69) is 36.3 Å². The number of pyridine rings is 1. The predicted octanol–water partition coefficient (Wildman–Crippen LogP) is 3.46. The Hall–Kier alpha value is -3.92. The molecule has 10 heteroatoms. The summed E-state index contributed by atoms with van der Waals surface area (Å²) in [5, 5.41) is 21.5. The molecule has 1 saturated heterocycles. The molecule has 3 aromatic heterocycles. The van der Waals surface area contributed by atoms with Crippen molar-refractivity contribution in [3.63, 3.8) is 0 Å². The second kappa shape index (κ2) is 8.67. The number of H-pyrrole nitrogens is 1. The van der Waals surface area contributed by atoms with E-state index >= 15 is 0 Å². The van der Waals surface area contributed by atoms with Crippen molar-refractivity contribution in [1.82, 2.24) is 25.7 Å². The third-order valence-corrected chi connectivity index (χ3v) is 5.27. The predicted molar refractivity (Wildman–Crippen MR) is 119 cm³/mol. The summed E-state index contributed by atoms with van der Waals surface area (Å²) >= 11 is 0. The summed E-state index contributed by atoms with van der Waals surface area (Å²) in [4.78, 5) is 16.8. The van der Waals surface area contributed by atoms with Crippen LogP contribution in [0.3, 0.4) is 0 Å². The highest BCUT2D eigenvalue weighted by molar-refractivity contribution is 6.03. The maximum Gasteiger partial charge on any atom is 0.256 e. The van der Waals surface area contributed by atoms with Crippen LogP contribution in [0.1, 0.15) is 29.0 Å². The van der Waals surface area contributed by atoms with Gasteiger partial charge in [0.05, 0.1) is 0 Å². The molecule has 0 saturated carbocycles. The van der Waals surface area contributed by atoms with Gasteiger partial charge in [-0.25, -0.2) is 4.98 Å². The first kappa shape index (κ1) is 20.0. The van der Waals surface area contributed by atoms with E-state index in [1.807, 2.05) is 0 Å². The smallest absolute Gasteiger partial charge is 0.256 e. The fourth-order valence-corrected chi connectivity index (χ4v) is 3.70. The molecule has 0 bridgehead atoms. The first-order valence-electron chi connectivity index (χ1n) is 10.5. The number of piperidine rings is 1. The van der Waals surface area contributed by atoms with Crippen molar-refractivity contribution in [1.29, 1.82) is 0 Å². The van der Waals surface area contributed by atoms with Gasteiger partial charge in [-0.1, -0.05) is 5.16 Å². The molecule has 4 N–H and O–H groups in total. The molecule has 0 unspecified atom stereocenters. The highest BCUT2D eigenvalue weighted by Crippen LogP contribution is 2.33. The van der Waals surface area contributed by atoms with Crippen LogP contribution in [0, 0.1) is 6.92 Å². The van der Waals surface area contributed by atoms with Gasteiger partial charge in [-0.15, -0.1) is 0 Å². The minimum atomic E-state index is -0.279. The van der Waals surface area contributed by atoms with Gasteiger partial charge in [0.1, 0.15) is 22.6 Å². The Morgan fingerprint density at radius 2 is 2.12 bits per heavy atom. The molecule has 0 aliphatic carbocycles. The molecule has 4 heterocycles. The summed E-state index contributed by atoms with van der Waals surface area (Å²) in [5.74, 6) is 2.66. The number of nitrogens with zero attached hydrogens (tertiary/aromatic N) is 3. The van der Waals surface area contributed by atoms with Gasteiger partial charge in [-0.2, -0.15) is 5.10 Å². The number of aromatic amines is 1. The highest BCUT2D eigenvalue weighted by Gasteiger charge is 2.19. The molecular weight excluding hydrogens is 410 g/mol. The zero-order valence-corrected chi connectivity index (χ0v) is 17.5. The number of aryl methyl sites for hydroxylation is 1. The van der Waals surface area contributed by atoms with E-state index in [4.69, 9.17) is 9.26 Å². The lowest BCUT2D eigenvalue weighted by Gasteiger charge is -2.23. The Balaban J connectivity index is 1.32. The Kier molecular flexibility index (Phi) is 5.42. The number of rotatable bonds is 6. The van der Waals surface area contributed by atoms with Gasteiger partial charge in [0.15, 0.2) is 17.3 Å². The Labute approximate surface area is 183 Å². The molecule has 1 aliphatic rings. The fourth-order valence-electron chi connectivity index (χ4n) is 3.70. The second-order valence-electron chi connectivity index (χ2n) is 7.70. The summed E-state index contributed by atoms with van der Waals surface area (Å²) < 4.78 is 11.1. The number of fused-ring (bicyclic) bond motifs is 1. The first-order valence-corrected chi connectivity index (χ1v) is 10.5. The van der Waals surface area contributed by atoms with Crippen LogP contribution in [0.25, 0.3) is 11.0 Å². The molecule has 1 amide bonds. The third-order valence-electron chi connectivity index (χ3n) is 5.27. The molecule has 0 radical (unpaired) electrons. The van der Waals surface area contributed by atoms with Gasteiger partial charge in [0, 0.05) is 36.5 Å². The monoisotopic (exact) mass is 433 g/mol. The molecule has 5 rings (SSSR count). The van der Waals surface area contributed by atoms with E-state index in [0.29, 0.717) is 40.3 Å². The van der Waals surface area contributed by atoms with Gasteiger partial charge >= 0.3 is 0 Å². The molecule has 1 atom stereocenters. The molecule has 32 heavy (non-hydrogen) atoms. The molecule has 0 spiro atoms. The van der Waals surface area contributed by atoms with E-state index in [1.54, 1.807) is 49.5 Å². The van der Waals surface area contributed by atoms with Gasteiger partial charge < -0.3 is 25.2 Å². The molecule has 10 nitrogen and oxygen atoms in total. The number of carbonyl (C=O) groups excluding carboxylic acids is 1. The maximum absolute atomic E-state index is 12.4. The van der Waals surface area contributed by atoms with Crippen LogP contribution in [0.4, 0.5) is 11.6 Å². The van der Waals surface area contributed by atoms with Crippen LogP contribution < -0.4 is 20.7 Å². The van der Waals surface area contributed by atoms with Crippen molar-refractivity contribution in [2.45, 2.75) is 25.8 Å². The minimum Gasteiger partial charge on any atom is -0.456 e. The second-order valence-corrected chi connectivity index (χ2v) is 7.70. The van der Waals surface area contributed by atoms with Gasteiger partial charge in [-0.3, -0.25) is 9.89 Å². The average molecular weight is 433 g/mol. The van der Waals surface area contributed by atoms with Crippen molar-refractivity contribution < 1.29 is 14.1 Å². The van der Waals surface area contributed by atoms with E-state index in [9.17, 15) is 4.79 Å². The third kappa shape index (κ3) is 4.26. The van der Waals surface area contributed by atoms with Gasteiger partial charge in [-0.05, 0) is 50.6 Å². The standard InChI is InChI=1S/C22H23N7O3/c1-13-11-18(29-32-13)26-22(30)14-4-6-16(7-5-14)31-17-8-10-24-20-19(17)21(28-27-20)25-15-3-2-9-23-12-15/h4-8,10-11,15,23H,2-3,9,12H2,1H3,(H,26,29,30)(H2,24,25,27,28)/t15-/m1/s1. The fraction of sp³-hybridized carbons (Fsp3) is 0.273. The zero-order chi connectivity index (χ0) is 21.9. The largest absolute Gasteiger partial charge is 0.456 e. The summed E-state index contributed by atoms with van der Waals surface area (Å²) in [6.07, 6.45) is 3.87. The van der Waals surface area contributed by atoms with Crippen LogP contribution in [-0.4, -0.2) is 45.4 Å². The number of nitrogens with one attached hydrogen (secondary N) is 4. The van der Waals surface area contributed by atoms with Crippen molar-refractivity contribution >= 4 is 28.6 Å². The van der Waals surface area contributed by atoms with Crippen LogP contribution in [0.15, 0.2) is 47.1 Å². The molecule has 4 aromatic rings.